The Bertz CT molecular complexity index is 661. The van der Waals surface area contributed by atoms with E-state index in [-0.39, 0.29) is 24.8 Å². The highest BCUT2D eigenvalue weighted by atomic mass is 16.5. The van der Waals surface area contributed by atoms with Crippen LogP contribution in [0.4, 0.5) is 10.6 Å². The number of carbonyl (C=O) groups excluding carboxylic acids is 3. The lowest BCUT2D eigenvalue weighted by molar-refractivity contribution is -0.132. The fourth-order valence-corrected chi connectivity index (χ4v) is 3.32. The fourth-order valence-electron chi connectivity index (χ4n) is 3.32. The fraction of sp³-hybridized carbons (Fsp3) is 0.625. The second kappa shape index (κ2) is 6.26. The highest BCUT2D eigenvalue weighted by Crippen LogP contribution is 2.36. The van der Waals surface area contributed by atoms with Gasteiger partial charge in [-0.3, -0.25) is 14.5 Å². The van der Waals surface area contributed by atoms with E-state index in [2.05, 4.69) is 22.7 Å². The molecule has 8 nitrogen and oxygen atoms in total. The number of nitrogens with one attached hydrogen (secondary N) is 2. The van der Waals surface area contributed by atoms with E-state index in [0.29, 0.717) is 30.3 Å². The summed E-state index contributed by atoms with van der Waals surface area (Å²) in [6.07, 6.45) is 3.20. The molecule has 2 N–H and O–H groups in total. The van der Waals surface area contributed by atoms with E-state index in [1.165, 1.54) is 0 Å². The molecule has 2 fully saturated rings. The molecule has 3 rings (SSSR count). The van der Waals surface area contributed by atoms with Crippen LogP contribution in [-0.4, -0.2) is 40.0 Å². The number of amides is 4. The van der Waals surface area contributed by atoms with Gasteiger partial charge >= 0.3 is 6.03 Å². The Labute approximate surface area is 139 Å². The summed E-state index contributed by atoms with van der Waals surface area (Å²) in [5.74, 6) is 0.970. The monoisotopic (exact) mass is 334 g/mol. The van der Waals surface area contributed by atoms with Crippen LogP contribution in [-0.2, 0) is 9.59 Å². The molecule has 0 radical (unpaired) electrons. The van der Waals surface area contributed by atoms with Gasteiger partial charge in [-0.25, -0.2) is 4.79 Å². The van der Waals surface area contributed by atoms with Crippen LogP contribution in [0, 0.1) is 12.8 Å². The number of aromatic nitrogens is 1. The highest BCUT2D eigenvalue weighted by Gasteiger charge is 2.51. The molecule has 0 atom stereocenters. The summed E-state index contributed by atoms with van der Waals surface area (Å²) in [5, 5.41) is 9.10. The summed E-state index contributed by atoms with van der Waals surface area (Å²) in [4.78, 5) is 37.9. The summed E-state index contributed by atoms with van der Waals surface area (Å²) in [6.45, 7) is 3.94. The van der Waals surface area contributed by atoms with Crippen LogP contribution in [0.5, 0.6) is 0 Å². The number of aryl methyl sites for hydroxylation is 1. The number of urea groups is 1. The van der Waals surface area contributed by atoms with Crippen LogP contribution >= 0.6 is 0 Å². The number of rotatable bonds is 4. The zero-order valence-electron chi connectivity index (χ0n) is 13.9. The van der Waals surface area contributed by atoms with Crippen molar-refractivity contribution in [3.63, 3.8) is 0 Å². The molecular weight excluding hydrogens is 312 g/mol. The van der Waals surface area contributed by atoms with E-state index in [4.69, 9.17) is 4.52 Å². The van der Waals surface area contributed by atoms with Gasteiger partial charge in [0.25, 0.3) is 5.91 Å². The topological polar surface area (TPSA) is 105 Å². The second-order valence-electron chi connectivity index (χ2n) is 6.77. The minimum absolute atomic E-state index is 0.0253. The Balaban J connectivity index is 1.56. The maximum Gasteiger partial charge on any atom is 0.325 e. The molecule has 24 heavy (non-hydrogen) atoms. The third-order valence-electron chi connectivity index (χ3n) is 4.83. The van der Waals surface area contributed by atoms with Crippen molar-refractivity contribution in [1.29, 1.82) is 0 Å². The number of nitrogens with zero attached hydrogens (tertiary/aromatic N) is 2. The smallest absolute Gasteiger partial charge is 0.325 e. The summed E-state index contributed by atoms with van der Waals surface area (Å²) in [6, 6.07) is 1.20. The van der Waals surface area contributed by atoms with Gasteiger partial charge < -0.3 is 15.2 Å². The summed E-state index contributed by atoms with van der Waals surface area (Å²) in [5.41, 5.74) is -0.761. The van der Waals surface area contributed by atoms with Crippen LogP contribution in [0.25, 0.3) is 0 Å². The third-order valence-corrected chi connectivity index (χ3v) is 4.83. The van der Waals surface area contributed by atoms with Gasteiger partial charge in [0.05, 0.1) is 0 Å². The van der Waals surface area contributed by atoms with Crippen LogP contribution in [0.2, 0.25) is 0 Å². The van der Waals surface area contributed by atoms with Crippen molar-refractivity contribution in [2.24, 2.45) is 5.92 Å². The Morgan fingerprint density at radius 1 is 1.46 bits per heavy atom. The first kappa shape index (κ1) is 16.5. The first-order chi connectivity index (χ1) is 11.4. The van der Waals surface area contributed by atoms with E-state index >= 15 is 0 Å². The molecule has 2 heterocycles. The molecule has 1 aliphatic heterocycles. The maximum absolute atomic E-state index is 12.7. The van der Waals surface area contributed by atoms with Crippen molar-refractivity contribution in [1.82, 2.24) is 15.4 Å². The van der Waals surface area contributed by atoms with Gasteiger partial charge in [0, 0.05) is 19.0 Å². The number of anilines is 1. The number of hydrogen-bond donors (Lipinski definition) is 2. The molecule has 1 aliphatic carbocycles. The van der Waals surface area contributed by atoms with Gasteiger partial charge in [-0.15, -0.1) is 0 Å². The first-order valence-electron chi connectivity index (χ1n) is 8.27. The van der Waals surface area contributed by atoms with Gasteiger partial charge in [-0.05, 0) is 38.5 Å². The normalized spacial score (nSPS) is 26.8. The minimum atomic E-state index is -0.761. The third kappa shape index (κ3) is 3.13. The van der Waals surface area contributed by atoms with Crippen LogP contribution in [0.15, 0.2) is 10.6 Å². The van der Waals surface area contributed by atoms with Gasteiger partial charge in [-0.1, -0.05) is 12.1 Å². The Kier molecular flexibility index (Phi) is 4.29. The quantitative estimate of drug-likeness (QED) is 0.817. The van der Waals surface area contributed by atoms with Crippen LogP contribution in [0.1, 0.15) is 44.8 Å². The predicted octanol–water partition coefficient (Wildman–Crippen LogP) is 1.81. The minimum Gasteiger partial charge on any atom is -0.360 e. The first-order valence-corrected chi connectivity index (χ1v) is 8.27. The van der Waals surface area contributed by atoms with Crippen molar-refractivity contribution in [3.05, 3.63) is 11.8 Å². The zero-order chi connectivity index (χ0) is 17.3. The van der Waals surface area contributed by atoms with Crippen molar-refractivity contribution in [2.45, 2.75) is 51.5 Å². The van der Waals surface area contributed by atoms with Gasteiger partial charge in [-0.2, -0.15) is 0 Å². The molecule has 0 bridgehead atoms. The molecule has 1 saturated carbocycles. The predicted molar refractivity (Wildman–Crippen MR) is 85.1 cm³/mol. The molecule has 1 spiro atoms. The van der Waals surface area contributed by atoms with Crippen molar-refractivity contribution in [3.8, 4) is 0 Å². The molecule has 1 aromatic rings. The molecule has 4 amide bonds. The van der Waals surface area contributed by atoms with Crippen LogP contribution < -0.4 is 10.6 Å². The summed E-state index contributed by atoms with van der Waals surface area (Å²) < 4.78 is 4.87. The SMILES string of the molecule is Cc1cc(NC(=O)CCN2C(=O)NC3(CCC(C)CC3)C2=O)no1. The largest absolute Gasteiger partial charge is 0.360 e. The molecule has 8 heteroatoms. The zero-order valence-corrected chi connectivity index (χ0v) is 13.9. The van der Waals surface area contributed by atoms with E-state index in [0.717, 1.165) is 17.7 Å². The lowest BCUT2D eigenvalue weighted by Crippen LogP contribution is -2.49. The average Bonchev–Trinajstić information content (AvgIpc) is 3.03. The Hall–Kier alpha value is -2.38. The van der Waals surface area contributed by atoms with Crippen molar-refractivity contribution >= 4 is 23.7 Å². The molecule has 1 aromatic heterocycles. The molecule has 130 valence electrons. The van der Waals surface area contributed by atoms with Crippen molar-refractivity contribution < 1.29 is 18.9 Å². The average molecular weight is 334 g/mol. The molecule has 2 aliphatic rings. The number of hydrogen-bond acceptors (Lipinski definition) is 5. The lowest BCUT2D eigenvalue weighted by Gasteiger charge is -2.33. The standard InChI is InChI=1S/C16H22N4O4/c1-10-3-6-16(7-4-10)14(22)20(15(23)18-16)8-5-13(21)17-12-9-11(2)24-19-12/h9-10H,3-8H2,1-2H3,(H,18,23)(H,17,19,21). The van der Waals surface area contributed by atoms with E-state index in [1.54, 1.807) is 13.0 Å². The second-order valence-corrected chi connectivity index (χ2v) is 6.77. The number of carbonyl (C=O) groups is 3. The van der Waals surface area contributed by atoms with Gasteiger partial charge in [0.2, 0.25) is 5.91 Å². The van der Waals surface area contributed by atoms with Gasteiger partial charge in [0.1, 0.15) is 11.3 Å². The lowest BCUT2D eigenvalue weighted by atomic mass is 9.77. The van der Waals surface area contributed by atoms with E-state index in [1.807, 2.05) is 0 Å². The summed E-state index contributed by atoms with van der Waals surface area (Å²) >= 11 is 0. The highest BCUT2D eigenvalue weighted by molar-refractivity contribution is 6.07. The summed E-state index contributed by atoms with van der Waals surface area (Å²) in [7, 11) is 0. The van der Waals surface area contributed by atoms with E-state index in [9.17, 15) is 14.4 Å². The number of imide groups is 1. The maximum atomic E-state index is 12.7. The van der Waals surface area contributed by atoms with Crippen molar-refractivity contribution in [2.75, 3.05) is 11.9 Å². The molecule has 0 unspecified atom stereocenters. The molecule has 1 saturated heterocycles. The van der Waals surface area contributed by atoms with Gasteiger partial charge in [0.15, 0.2) is 5.82 Å². The van der Waals surface area contributed by atoms with Crippen LogP contribution in [0.3, 0.4) is 0 Å². The Morgan fingerprint density at radius 3 is 2.79 bits per heavy atom. The Morgan fingerprint density at radius 2 is 2.17 bits per heavy atom. The molecular formula is C16H22N4O4. The van der Waals surface area contributed by atoms with E-state index < -0.39 is 11.6 Å². The molecule has 0 aromatic carbocycles.